The largest absolute Gasteiger partial charge is 0.497 e. The molecule has 1 aromatic rings. The highest BCUT2D eigenvalue weighted by atomic mass is 16.5. The first-order chi connectivity index (χ1) is 7.08. The van der Waals surface area contributed by atoms with E-state index in [1.165, 1.54) is 14.2 Å². The molecule has 4 nitrogen and oxygen atoms in total. The Morgan fingerprint density at radius 1 is 1.20 bits per heavy atom. The average molecular weight is 210 g/mol. The van der Waals surface area contributed by atoms with Gasteiger partial charge in [-0.15, -0.1) is 0 Å². The molecule has 0 spiro atoms. The van der Waals surface area contributed by atoms with Gasteiger partial charge >= 0.3 is 5.97 Å². The van der Waals surface area contributed by atoms with Crippen LogP contribution in [0.5, 0.6) is 11.5 Å². The van der Waals surface area contributed by atoms with Crippen molar-refractivity contribution < 1.29 is 19.4 Å². The molecule has 4 heteroatoms. The van der Waals surface area contributed by atoms with Crippen molar-refractivity contribution in [3.8, 4) is 11.5 Å². The van der Waals surface area contributed by atoms with Crippen molar-refractivity contribution in [3.63, 3.8) is 0 Å². The van der Waals surface area contributed by atoms with Crippen molar-refractivity contribution >= 4 is 5.97 Å². The van der Waals surface area contributed by atoms with Crippen molar-refractivity contribution in [2.75, 3.05) is 14.2 Å². The smallest absolute Gasteiger partial charge is 0.310 e. The molecule has 1 N–H and O–H groups in total. The molecule has 82 valence electrons. The van der Waals surface area contributed by atoms with Crippen molar-refractivity contribution in [3.05, 3.63) is 23.8 Å². The topological polar surface area (TPSA) is 55.8 Å². The fourth-order valence-electron chi connectivity index (χ4n) is 1.22. The summed E-state index contributed by atoms with van der Waals surface area (Å²) in [5.41, 5.74) is 0.665. The molecular formula is C11H14O4. The first-order valence-corrected chi connectivity index (χ1v) is 4.54. The summed E-state index contributed by atoms with van der Waals surface area (Å²) in [5, 5.41) is 8.88. The number of aliphatic carboxylic acids is 1. The lowest BCUT2D eigenvalue weighted by Gasteiger charge is -2.11. The molecule has 1 aromatic carbocycles. The molecule has 0 aliphatic heterocycles. The van der Waals surface area contributed by atoms with E-state index in [9.17, 15) is 4.79 Å². The maximum Gasteiger partial charge on any atom is 0.310 e. The van der Waals surface area contributed by atoms with Gasteiger partial charge in [-0.1, -0.05) is 0 Å². The van der Waals surface area contributed by atoms with Crippen molar-refractivity contribution in [1.29, 1.82) is 0 Å². The van der Waals surface area contributed by atoms with E-state index < -0.39 is 11.9 Å². The number of hydrogen-bond donors (Lipinski definition) is 1. The van der Waals surface area contributed by atoms with E-state index in [2.05, 4.69) is 0 Å². The zero-order chi connectivity index (χ0) is 11.4. The number of carboxylic acids is 1. The average Bonchev–Trinajstić information content (AvgIpc) is 2.27. The van der Waals surface area contributed by atoms with Crippen LogP contribution in [0.15, 0.2) is 18.2 Å². The molecule has 1 rings (SSSR count). The number of carboxylic acid groups (broad SMARTS) is 1. The zero-order valence-corrected chi connectivity index (χ0v) is 8.98. The lowest BCUT2D eigenvalue weighted by molar-refractivity contribution is -0.138. The fraction of sp³-hybridized carbons (Fsp3) is 0.364. The molecule has 0 saturated carbocycles. The van der Waals surface area contributed by atoms with Crippen molar-refractivity contribution in [2.45, 2.75) is 12.8 Å². The number of rotatable bonds is 4. The summed E-state index contributed by atoms with van der Waals surface area (Å²) in [4.78, 5) is 10.8. The van der Waals surface area contributed by atoms with Gasteiger partial charge in [0, 0.05) is 6.07 Å². The summed E-state index contributed by atoms with van der Waals surface area (Å²) >= 11 is 0. The Morgan fingerprint density at radius 3 is 2.00 bits per heavy atom. The summed E-state index contributed by atoms with van der Waals surface area (Å²) in [6.45, 7) is 1.62. The highest BCUT2D eigenvalue weighted by Gasteiger charge is 2.15. The number of methoxy groups -OCH3 is 2. The quantitative estimate of drug-likeness (QED) is 0.824. The van der Waals surface area contributed by atoms with Gasteiger partial charge in [-0.3, -0.25) is 4.79 Å². The van der Waals surface area contributed by atoms with Gasteiger partial charge in [-0.05, 0) is 24.6 Å². The highest BCUT2D eigenvalue weighted by Crippen LogP contribution is 2.27. The Morgan fingerprint density at radius 2 is 1.67 bits per heavy atom. The van der Waals surface area contributed by atoms with Crippen LogP contribution in [0.2, 0.25) is 0 Å². The highest BCUT2D eigenvalue weighted by molar-refractivity contribution is 5.76. The first kappa shape index (κ1) is 11.4. The third-order valence-corrected chi connectivity index (χ3v) is 2.24. The van der Waals surface area contributed by atoms with Gasteiger partial charge in [0.15, 0.2) is 0 Å². The Labute approximate surface area is 88.4 Å². The first-order valence-electron chi connectivity index (χ1n) is 4.54. The van der Waals surface area contributed by atoms with Gasteiger partial charge in [-0.2, -0.15) is 0 Å². The summed E-state index contributed by atoms with van der Waals surface area (Å²) in [6, 6.07) is 5.10. The number of benzene rings is 1. The SMILES string of the molecule is COc1cc(OC)cc(C(C)C(=O)O)c1. The molecule has 1 unspecified atom stereocenters. The van der Waals surface area contributed by atoms with Crippen LogP contribution in [0.4, 0.5) is 0 Å². The van der Waals surface area contributed by atoms with Gasteiger partial charge in [-0.25, -0.2) is 0 Å². The van der Waals surface area contributed by atoms with E-state index in [0.29, 0.717) is 17.1 Å². The molecule has 1 atom stereocenters. The van der Waals surface area contributed by atoms with Crippen LogP contribution >= 0.6 is 0 Å². The number of hydrogen-bond acceptors (Lipinski definition) is 3. The Hall–Kier alpha value is -1.71. The van der Waals surface area contributed by atoms with E-state index in [1.54, 1.807) is 25.1 Å². The Kier molecular flexibility index (Phi) is 3.55. The van der Waals surface area contributed by atoms with E-state index in [1.807, 2.05) is 0 Å². The monoisotopic (exact) mass is 210 g/mol. The predicted octanol–water partition coefficient (Wildman–Crippen LogP) is 1.89. The maximum absolute atomic E-state index is 10.8. The minimum absolute atomic E-state index is 0.575. The van der Waals surface area contributed by atoms with Crippen molar-refractivity contribution in [1.82, 2.24) is 0 Å². The second-order valence-electron chi connectivity index (χ2n) is 3.21. The lowest BCUT2D eigenvalue weighted by atomic mass is 10.0. The second kappa shape index (κ2) is 4.68. The van der Waals surface area contributed by atoms with E-state index in [0.717, 1.165) is 0 Å². The fourth-order valence-corrected chi connectivity index (χ4v) is 1.22. The van der Waals surface area contributed by atoms with Crippen LogP contribution in [0.1, 0.15) is 18.4 Å². The third-order valence-electron chi connectivity index (χ3n) is 2.24. The lowest BCUT2D eigenvalue weighted by Crippen LogP contribution is -2.07. The summed E-state index contributed by atoms with van der Waals surface area (Å²) in [5.74, 6) is -0.255. The van der Waals surface area contributed by atoms with Gasteiger partial charge in [0.05, 0.1) is 20.1 Å². The molecule has 0 aliphatic carbocycles. The van der Waals surface area contributed by atoms with Gasteiger partial charge in [0.2, 0.25) is 0 Å². The molecule has 0 aliphatic rings. The summed E-state index contributed by atoms with van der Waals surface area (Å²) < 4.78 is 10.1. The second-order valence-corrected chi connectivity index (χ2v) is 3.21. The molecular weight excluding hydrogens is 196 g/mol. The third kappa shape index (κ3) is 2.62. The maximum atomic E-state index is 10.8. The van der Waals surface area contributed by atoms with Crippen LogP contribution in [0.3, 0.4) is 0 Å². The van der Waals surface area contributed by atoms with E-state index >= 15 is 0 Å². The minimum Gasteiger partial charge on any atom is -0.497 e. The van der Waals surface area contributed by atoms with Crippen LogP contribution in [-0.2, 0) is 4.79 Å². The zero-order valence-electron chi connectivity index (χ0n) is 8.98. The van der Waals surface area contributed by atoms with Crippen LogP contribution in [0, 0.1) is 0 Å². The molecule has 0 bridgehead atoms. The molecule has 15 heavy (non-hydrogen) atoms. The number of ether oxygens (including phenoxy) is 2. The van der Waals surface area contributed by atoms with Crippen molar-refractivity contribution in [2.24, 2.45) is 0 Å². The molecule has 0 aromatic heterocycles. The Bertz CT molecular complexity index is 337. The minimum atomic E-state index is -0.870. The predicted molar refractivity (Wildman–Crippen MR) is 55.6 cm³/mol. The van der Waals surface area contributed by atoms with Crippen LogP contribution in [0.25, 0.3) is 0 Å². The van der Waals surface area contributed by atoms with Crippen LogP contribution in [-0.4, -0.2) is 25.3 Å². The normalized spacial score (nSPS) is 11.9. The molecule has 0 fully saturated rings. The van der Waals surface area contributed by atoms with Gasteiger partial charge in [0.1, 0.15) is 11.5 Å². The molecule has 0 amide bonds. The summed E-state index contributed by atoms with van der Waals surface area (Å²) in [6.07, 6.45) is 0. The molecule has 0 heterocycles. The molecule has 0 radical (unpaired) electrons. The van der Waals surface area contributed by atoms with Gasteiger partial charge < -0.3 is 14.6 Å². The Balaban J connectivity index is 3.11. The number of carbonyl (C=O) groups is 1. The van der Waals surface area contributed by atoms with E-state index in [-0.39, 0.29) is 0 Å². The summed E-state index contributed by atoms with van der Waals surface area (Å²) in [7, 11) is 3.06. The van der Waals surface area contributed by atoms with Crippen LogP contribution < -0.4 is 9.47 Å². The van der Waals surface area contributed by atoms with E-state index in [4.69, 9.17) is 14.6 Å². The molecule has 0 saturated heterocycles. The van der Waals surface area contributed by atoms with Gasteiger partial charge in [0.25, 0.3) is 0 Å². The standard InChI is InChI=1S/C11H14O4/c1-7(11(12)13)8-4-9(14-2)6-10(5-8)15-3/h4-7H,1-3H3,(H,12,13).